The molecule has 0 aliphatic heterocycles. The number of hydrogen-bond acceptors (Lipinski definition) is 7. The smallest absolute Gasteiger partial charge is 0 e. The molecule has 0 saturated carbocycles. The van der Waals surface area contributed by atoms with Crippen LogP contribution in [0.5, 0.6) is 0 Å². The second-order valence-electron chi connectivity index (χ2n) is 0.447. The van der Waals surface area contributed by atoms with E-state index >= 15 is 0 Å². The summed E-state index contributed by atoms with van der Waals surface area (Å²) < 4.78 is 8.55. The third-order valence-corrected chi connectivity index (χ3v) is 0. The molecule has 0 amide bonds. The normalized spacial score (nSPS) is 5.36. The zero-order valence-corrected chi connectivity index (χ0v) is 9.22. The Morgan fingerprint density at radius 3 is 0.727 bits per heavy atom. The molecule has 83 valence electrons. The monoisotopic (exact) mass is 323 g/mol. The van der Waals surface area contributed by atoms with E-state index in [2.05, 4.69) is 0 Å². The molecule has 0 aliphatic carbocycles. The minimum absolute atomic E-state index is 0. The van der Waals surface area contributed by atoms with E-state index in [-0.39, 0.29) is 68.8 Å². The fourth-order valence-corrected chi connectivity index (χ4v) is 0. The molecule has 0 aromatic rings. The molecule has 11 heteroatoms. The molecule has 0 fully saturated rings. The molecule has 11 heavy (non-hydrogen) atoms. The first-order valence-electron chi connectivity index (χ1n) is 0.730. The van der Waals surface area contributed by atoms with E-state index in [0.29, 0.717) is 0 Å². The average Bonchev–Trinajstić information content (AvgIpc) is 0.722. The zero-order valence-electron chi connectivity index (χ0n) is 5.20. The number of rotatable bonds is 0. The molecule has 0 rings (SSSR count). The van der Waals surface area contributed by atoms with Gasteiger partial charge in [0, 0.05) is 50.3 Å². The topological polar surface area (TPSA) is 191 Å². The molecule has 0 aromatic heterocycles. The predicted molar refractivity (Wildman–Crippen MR) is 22.7 cm³/mol. The average molecular weight is 323 g/mol. The van der Waals surface area contributed by atoms with E-state index in [4.69, 9.17) is 19.2 Å². The van der Waals surface area contributed by atoms with Gasteiger partial charge in [-0.15, -0.1) is 0 Å². The van der Waals surface area contributed by atoms with Crippen molar-refractivity contribution in [2.75, 3.05) is 0 Å². The maximum atomic E-state index is 8.55. The van der Waals surface area contributed by atoms with E-state index < -0.39 is 7.82 Å². The van der Waals surface area contributed by atoms with Crippen LogP contribution in [0.4, 0.5) is 0 Å². The predicted octanol–water partition coefficient (Wildman–Crippen LogP) is -2.35. The van der Waals surface area contributed by atoms with Crippen molar-refractivity contribution in [3.63, 3.8) is 0 Å². The first-order valence-corrected chi connectivity index (χ1v) is 2.19. The first-order chi connectivity index (χ1) is 2.00. The van der Waals surface area contributed by atoms with Gasteiger partial charge >= 0.3 is 0 Å². The van der Waals surface area contributed by atoms with Crippen LogP contribution in [0.2, 0.25) is 0 Å². The Balaban J connectivity index is -0.00000000533. The Labute approximate surface area is 95.7 Å². The molecule has 3 radical (unpaired) electrons. The Bertz CT molecular complexity index is 66.7. The van der Waals surface area contributed by atoms with Crippen molar-refractivity contribution in [2.45, 2.75) is 0 Å². The molecule has 0 bridgehead atoms. The second-order valence-corrected chi connectivity index (χ2v) is 1.34. The van der Waals surface area contributed by atoms with E-state index in [1.807, 2.05) is 0 Å². The van der Waals surface area contributed by atoms with Crippen LogP contribution in [0.25, 0.3) is 0 Å². The Kier molecular flexibility index (Phi) is 112. The van der Waals surface area contributed by atoms with Crippen molar-refractivity contribution in [1.82, 2.24) is 18.5 Å². The summed E-state index contributed by atoms with van der Waals surface area (Å²) in [5.41, 5.74) is 0. The standard InChI is InChI=1S/3Co.3H3N.H3O4P/c;;;;;;1-5(2,3)4/h;;;3*1H3;(H3,1,2,3,4)/p-3. The fraction of sp³-hybridized carbons (Fsp3) is 0. The molecule has 0 aliphatic rings. The van der Waals surface area contributed by atoms with Crippen LogP contribution in [0.1, 0.15) is 0 Å². The first kappa shape index (κ1) is 54.6. The quantitative estimate of drug-likeness (QED) is 0.415. The summed E-state index contributed by atoms with van der Waals surface area (Å²) in [6, 6.07) is 0. The van der Waals surface area contributed by atoms with Gasteiger partial charge in [0.25, 0.3) is 0 Å². The third-order valence-electron chi connectivity index (χ3n) is 0. The number of phosphoric acid groups is 1. The van der Waals surface area contributed by atoms with Crippen LogP contribution in [0, 0.1) is 0 Å². The van der Waals surface area contributed by atoms with Crippen molar-refractivity contribution >= 4 is 7.82 Å². The molecule has 0 atom stereocenters. The molecule has 0 saturated heterocycles. The van der Waals surface area contributed by atoms with Crippen molar-refractivity contribution in [1.29, 1.82) is 0 Å². The summed E-state index contributed by atoms with van der Waals surface area (Å²) in [6.45, 7) is 0. The van der Waals surface area contributed by atoms with Crippen molar-refractivity contribution in [2.24, 2.45) is 0 Å². The molecule has 9 N–H and O–H groups in total. The van der Waals surface area contributed by atoms with E-state index in [0.717, 1.165) is 0 Å². The van der Waals surface area contributed by atoms with Gasteiger partial charge in [0.05, 0.1) is 0 Å². The van der Waals surface area contributed by atoms with Gasteiger partial charge in [-0.2, -0.15) is 7.82 Å². The second kappa shape index (κ2) is 22.5. The van der Waals surface area contributed by atoms with Gasteiger partial charge in [-0.3, -0.25) is 0 Å². The molecular formula is H9Co3N3O4P-3. The maximum absolute atomic E-state index is 8.55. The van der Waals surface area contributed by atoms with Gasteiger partial charge < -0.3 is 37.7 Å². The van der Waals surface area contributed by atoms with Gasteiger partial charge in [0.2, 0.25) is 0 Å². The Morgan fingerprint density at radius 2 is 0.727 bits per heavy atom. The van der Waals surface area contributed by atoms with Crippen LogP contribution >= 0.6 is 7.82 Å². The summed E-state index contributed by atoms with van der Waals surface area (Å²) in [5.74, 6) is 0. The zero-order chi connectivity index (χ0) is 4.50. The minimum atomic E-state index is -5.39. The fourth-order valence-electron chi connectivity index (χ4n) is 0. The molecular weight excluding hydrogens is 314 g/mol. The maximum Gasteiger partial charge on any atom is 0 e. The van der Waals surface area contributed by atoms with Gasteiger partial charge in [-0.05, 0) is 0 Å². The van der Waals surface area contributed by atoms with Gasteiger partial charge in [-0.1, -0.05) is 0 Å². The van der Waals surface area contributed by atoms with E-state index in [1.165, 1.54) is 0 Å². The summed E-state index contributed by atoms with van der Waals surface area (Å²) in [5, 5.41) is 0. The van der Waals surface area contributed by atoms with Gasteiger partial charge in [0.1, 0.15) is 0 Å². The molecule has 0 spiro atoms. The number of hydrogen-bond donors (Lipinski definition) is 3. The Hall–Kier alpha value is 1.51. The van der Waals surface area contributed by atoms with Crippen LogP contribution < -0.4 is 33.1 Å². The van der Waals surface area contributed by atoms with Crippen LogP contribution in [-0.4, -0.2) is 0 Å². The van der Waals surface area contributed by atoms with Gasteiger partial charge in [-0.25, -0.2) is 0 Å². The summed E-state index contributed by atoms with van der Waals surface area (Å²) in [4.78, 5) is 25.6. The third kappa shape index (κ3) is 457. The summed E-state index contributed by atoms with van der Waals surface area (Å²) in [6.07, 6.45) is 0. The van der Waals surface area contributed by atoms with Gasteiger partial charge in [0.15, 0.2) is 0 Å². The van der Waals surface area contributed by atoms with Crippen LogP contribution in [0.3, 0.4) is 0 Å². The summed E-state index contributed by atoms with van der Waals surface area (Å²) in [7, 11) is -5.39. The Morgan fingerprint density at radius 1 is 0.727 bits per heavy atom. The SMILES string of the molecule is N.N.N.O=P([O-])([O-])[O-].[Co].[Co].[Co]. The van der Waals surface area contributed by atoms with Crippen molar-refractivity contribution < 1.29 is 69.6 Å². The molecule has 0 aromatic carbocycles. The van der Waals surface area contributed by atoms with Crippen molar-refractivity contribution in [3.05, 3.63) is 0 Å². The molecule has 7 nitrogen and oxygen atoms in total. The van der Waals surface area contributed by atoms with E-state index in [9.17, 15) is 0 Å². The van der Waals surface area contributed by atoms with Crippen molar-refractivity contribution in [3.8, 4) is 0 Å². The summed E-state index contributed by atoms with van der Waals surface area (Å²) >= 11 is 0. The molecule has 0 unspecified atom stereocenters. The minimum Gasteiger partial charge on any atom is -0.822 e. The molecule has 0 heterocycles. The van der Waals surface area contributed by atoms with E-state index in [1.54, 1.807) is 0 Å². The van der Waals surface area contributed by atoms with Crippen LogP contribution in [-0.2, 0) is 54.9 Å². The van der Waals surface area contributed by atoms with Crippen LogP contribution in [0.15, 0.2) is 0 Å². The largest absolute Gasteiger partial charge is 0.822 e.